The lowest BCUT2D eigenvalue weighted by Crippen LogP contribution is -2.46. The third-order valence-corrected chi connectivity index (χ3v) is 3.91. The Balaban J connectivity index is 2.03. The van der Waals surface area contributed by atoms with Crippen LogP contribution in [-0.4, -0.2) is 24.5 Å². The van der Waals surface area contributed by atoms with Crippen LogP contribution in [0.1, 0.15) is 18.1 Å². The van der Waals surface area contributed by atoms with E-state index in [0.29, 0.717) is 6.42 Å². The van der Waals surface area contributed by atoms with Gasteiger partial charge in [0, 0.05) is 18.9 Å². The zero-order valence-electron chi connectivity index (χ0n) is 14.4. The predicted octanol–water partition coefficient (Wildman–Crippen LogP) is 2.05. The standard InChI is InChI=1S/C20H24N2O3/c1-15(13-21)19(23)22-18(12-16-8-4-2-5-9-16)20(24)25-14-17-10-6-3-7-11-17/h2-11,15,18H,12-14,21H2,1H3,(H,22,23)/t15-,18+/m1/s1. The lowest BCUT2D eigenvalue weighted by atomic mass is 10.0. The Hall–Kier alpha value is -2.66. The topological polar surface area (TPSA) is 81.4 Å². The van der Waals surface area contributed by atoms with Gasteiger partial charge in [0.15, 0.2) is 0 Å². The summed E-state index contributed by atoms with van der Waals surface area (Å²) in [5.41, 5.74) is 7.38. The minimum absolute atomic E-state index is 0.174. The summed E-state index contributed by atoms with van der Waals surface area (Å²) in [7, 11) is 0. The maximum absolute atomic E-state index is 12.5. The quantitative estimate of drug-likeness (QED) is 0.721. The van der Waals surface area contributed by atoms with E-state index in [1.807, 2.05) is 60.7 Å². The van der Waals surface area contributed by atoms with E-state index in [0.717, 1.165) is 11.1 Å². The van der Waals surface area contributed by atoms with Crippen molar-refractivity contribution in [2.24, 2.45) is 11.7 Å². The highest BCUT2D eigenvalue weighted by atomic mass is 16.5. The first kappa shape index (κ1) is 18.7. The van der Waals surface area contributed by atoms with Crippen molar-refractivity contribution in [3.05, 3.63) is 71.8 Å². The number of rotatable bonds is 8. The van der Waals surface area contributed by atoms with Gasteiger partial charge in [-0.05, 0) is 11.1 Å². The summed E-state index contributed by atoms with van der Waals surface area (Å²) in [5, 5.41) is 2.76. The van der Waals surface area contributed by atoms with Gasteiger partial charge in [0.1, 0.15) is 12.6 Å². The molecule has 2 aromatic rings. The average molecular weight is 340 g/mol. The molecule has 0 fully saturated rings. The smallest absolute Gasteiger partial charge is 0.329 e. The summed E-state index contributed by atoms with van der Waals surface area (Å²) >= 11 is 0. The monoisotopic (exact) mass is 340 g/mol. The highest BCUT2D eigenvalue weighted by molar-refractivity contribution is 5.85. The van der Waals surface area contributed by atoms with E-state index in [-0.39, 0.29) is 25.0 Å². The largest absolute Gasteiger partial charge is 0.459 e. The normalized spacial score (nSPS) is 12.9. The molecule has 5 nitrogen and oxygen atoms in total. The third kappa shape index (κ3) is 6.04. The van der Waals surface area contributed by atoms with Crippen molar-refractivity contribution < 1.29 is 14.3 Å². The molecule has 0 bridgehead atoms. The number of ether oxygens (including phenoxy) is 1. The Kier molecular flexibility index (Phi) is 7.16. The second-order valence-electron chi connectivity index (χ2n) is 5.98. The second kappa shape index (κ2) is 9.59. The van der Waals surface area contributed by atoms with Crippen LogP contribution in [0, 0.1) is 5.92 Å². The van der Waals surface area contributed by atoms with Crippen LogP contribution in [0.15, 0.2) is 60.7 Å². The van der Waals surface area contributed by atoms with E-state index < -0.39 is 12.0 Å². The molecule has 0 heterocycles. The van der Waals surface area contributed by atoms with Crippen molar-refractivity contribution in [1.29, 1.82) is 0 Å². The van der Waals surface area contributed by atoms with Crippen molar-refractivity contribution in [2.75, 3.05) is 6.54 Å². The van der Waals surface area contributed by atoms with Crippen molar-refractivity contribution in [2.45, 2.75) is 26.0 Å². The molecule has 5 heteroatoms. The van der Waals surface area contributed by atoms with Crippen LogP contribution in [0.2, 0.25) is 0 Å². The molecule has 25 heavy (non-hydrogen) atoms. The summed E-state index contributed by atoms with van der Waals surface area (Å²) in [4.78, 5) is 24.7. The van der Waals surface area contributed by atoms with Crippen LogP contribution >= 0.6 is 0 Å². The van der Waals surface area contributed by atoms with Crippen LogP contribution < -0.4 is 11.1 Å². The van der Waals surface area contributed by atoms with E-state index in [4.69, 9.17) is 10.5 Å². The van der Waals surface area contributed by atoms with Crippen LogP contribution in [0.25, 0.3) is 0 Å². The van der Waals surface area contributed by atoms with Crippen LogP contribution in [-0.2, 0) is 27.4 Å². The van der Waals surface area contributed by atoms with Crippen LogP contribution in [0.5, 0.6) is 0 Å². The maximum atomic E-state index is 12.5. The number of amides is 1. The summed E-state index contributed by atoms with van der Waals surface area (Å²) in [5.74, 6) is -1.06. The fraction of sp³-hybridized carbons (Fsp3) is 0.300. The number of esters is 1. The first-order valence-electron chi connectivity index (χ1n) is 8.35. The molecule has 1 amide bonds. The van der Waals surface area contributed by atoms with Gasteiger partial charge in [0.25, 0.3) is 0 Å². The predicted molar refractivity (Wildman–Crippen MR) is 96.5 cm³/mol. The molecule has 0 spiro atoms. The Morgan fingerprint density at radius 2 is 1.56 bits per heavy atom. The van der Waals surface area contributed by atoms with E-state index in [1.165, 1.54) is 0 Å². The van der Waals surface area contributed by atoms with Crippen LogP contribution in [0.4, 0.5) is 0 Å². The molecule has 2 rings (SSSR count). The van der Waals surface area contributed by atoms with Gasteiger partial charge >= 0.3 is 5.97 Å². The molecule has 132 valence electrons. The van der Waals surface area contributed by atoms with Crippen molar-refractivity contribution in [3.63, 3.8) is 0 Å². The zero-order chi connectivity index (χ0) is 18.1. The van der Waals surface area contributed by atoms with Crippen molar-refractivity contribution in [3.8, 4) is 0 Å². The van der Waals surface area contributed by atoms with Gasteiger partial charge < -0.3 is 15.8 Å². The first-order chi connectivity index (χ1) is 12.1. The Morgan fingerprint density at radius 3 is 2.12 bits per heavy atom. The number of nitrogens with two attached hydrogens (primary N) is 1. The highest BCUT2D eigenvalue weighted by Crippen LogP contribution is 2.08. The fourth-order valence-corrected chi connectivity index (χ4v) is 2.29. The van der Waals surface area contributed by atoms with Gasteiger partial charge in [0.05, 0.1) is 0 Å². The number of nitrogens with one attached hydrogen (secondary N) is 1. The van der Waals surface area contributed by atoms with Gasteiger partial charge in [0.2, 0.25) is 5.91 Å². The van der Waals surface area contributed by atoms with E-state index >= 15 is 0 Å². The molecule has 3 N–H and O–H groups in total. The Morgan fingerprint density at radius 1 is 1.00 bits per heavy atom. The second-order valence-corrected chi connectivity index (χ2v) is 5.98. The molecular formula is C20H24N2O3. The third-order valence-electron chi connectivity index (χ3n) is 3.91. The summed E-state index contributed by atoms with van der Waals surface area (Å²) in [6, 6.07) is 18.2. The summed E-state index contributed by atoms with van der Waals surface area (Å²) in [6.07, 6.45) is 0.373. The molecule has 0 aliphatic carbocycles. The molecule has 0 aromatic heterocycles. The van der Waals surface area contributed by atoms with Gasteiger partial charge in [-0.2, -0.15) is 0 Å². The van der Waals surface area contributed by atoms with Crippen LogP contribution in [0.3, 0.4) is 0 Å². The van der Waals surface area contributed by atoms with Gasteiger partial charge in [-0.3, -0.25) is 4.79 Å². The van der Waals surface area contributed by atoms with Gasteiger partial charge in [-0.15, -0.1) is 0 Å². The molecule has 2 atom stereocenters. The Labute approximate surface area is 148 Å². The lowest BCUT2D eigenvalue weighted by molar-refractivity contribution is -0.149. The molecule has 0 radical (unpaired) electrons. The molecule has 0 saturated heterocycles. The number of hydrogen-bond donors (Lipinski definition) is 2. The van der Waals surface area contributed by atoms with E-state index in [1.54, 1.807) is 6.92 Å². The average Bonchev–Trinajstić information content (AvgIpc) is 2.66. The molecule has 0 saturated carbocycles. The number of hydrogen-bond acceptors (Lipinski definition) is 4. The summed E-state index contributed by atoms with van der Waals surface area (Å²) in [6.45, 7) is 2.13. The number of benzene rings is 2. The molecule has 0 aliphatic heterocycles. The summed E-state index contributed by atoms with van der Waals surface area (Å²) < 4.78 is 5.39. The number of carbonyl (C=O) groups is 2. The first-order valence-corrected chi connectivity index (χ1v) is 8.35. The number of carbonyl (C=O) groups excluding carboxylic acids is 2. The van der Waals surface area contributed by atoms with Gasteiger partial charge in [-0.25, -0.2) is 4.79 Å². The van der Waals surface area contributed by atoms with Crippen molar-refractivity contribution >= 4 is 11.9 Å². The van der Waals surface area contributed by atoms with E-state index in [2.05, 4.69) is 5.32 Å². The molecular weight excluding hydrogens is 316 g/mol. The molecule has 2 aromatic carbocycles. The SMILES string of the molecule is C[C@H](CN)C(=O)N[C@@H](Cc1ccccc1)C(=O)OCc1ccccc1. The Bertz CT molecular complexity index is 674. The fourth-order valence-electron chi connectivity index (χ4n) is 2.29. The van der Waals surface area contributed by atoms with E-state index in [9.17, 15) is 9.59 Å². The molecule has 0 aliphatic rings. The maximum Gasteiger partial charge on any atom is 0.329 e. The lowest BCUT2D eigenvalue weighted by Gasteiger charge is -2.20. The minimum atomic E-state index is -0.743. The van der Waals surface area contributed by atoms with Crippen molar-refractivity contribution in [1.82, 2.24) is 5.32 Å². The zero-order valence-corrected chi connectivity index (χ0v) is 14.4. The molecule has 0 unspecified atom stereocenters. The highest BCUT2D eigenvalue weighted by Gasteiger charge is 2.24. The van der Waals surface area contributed by atoms with Gasteiger partial charge in [-0.1, -0.05) is 67.6 Å². The minimum Gasteiger partial charge on any atom is -0.459 e.